The van der Waals surface area contributed by atoms with Gasteiger partial charge in [-0.3, -0.25) is 4.79 Å². The molecule has 0 saturated carbocycles. The molecule has 3 aromatic carbocycles. The van der Waals surface area contributed by atoms with Gasteiger partial charge in [0, 0.05) is 12.2 Å². The van der Waals surface area contributed by atoms with Crippen LogP contribution >= 0.6 is 11.8 Å². The minimum Gasteiger partial charge on any atom is -0.287 e. The Morgan fingerprint density at radius 1 is 0.762 bits per heavy atom. The highest BCUT2D eigenvalue weighted by Crippen LogP contribution is 2.19. The number of hydrogen-bond donors (Lipinski definition) is 0. The van der Waals surface area contributed by atoms with Crippen molar-refractivity contribution in [1.82, 2.24) is 0 Å². The molecule has 1 nitrogen and oxygen atoms in total. The first kappa shape index (κ1) is 13.9. The van der Waals surface area contributed by atoms with Crippen molar-refractivity contribution < 1.29 is 4.79 Å². The van der Waals surface area contributed by atoms with Crippen molar-refractivity contribution in [2.45, 2.75) is 12.2 Å². The fourth-order valence-corrected chi connectivity index (χ4v) is 3.09. The molecule has 2 heteroatoms. The molecular formula is C19H16OS. The molecule has 3 rings (SSSR count). The van der Waals surface area contributed by atoms with Crippen molar-refractivity contribution in [2.75, 3.05) is 0 Å². The summed E-state index contributed by atoms with van der Waals surface area (Å²) in [6.07, 6.45) is 0.488. The third kappa shape index (κ3) is 3.73. The van der Waals surface area contributed by atoms with Gasteiger partial charge in [-0.1, -0.05) is 84.6 Å². The predicted molar refractivity (Wildman–Crippen MR) is 90.4 cm³/mol. The number of thioether (sulfide) groups is 1. The van der Waals surface area contributed by atoms with Gasteiger partial charge in [-0.05, 0) is 21.9 Å². The van der Waals surface area contributed by atoms with Gasteiger partial charge in [-0.2, -0.15) is 0 Å². The zero-order chi connectivity index (χ0) is 14.5. The average molecular weight is 292 g/mol. The minimum atomic E-state index is 0.217. The van der Waals surface area contributed by atoms with E-state index in [0.29, 0.717) is 6.42 Å². The summed E-state index contributed by atoms with van der Waals surface area (Å²) < 4.78 is 0. The number of rotatable bonds is 4. The summed E-state index contributed by atoms with van der Waals surface area (Å²) in [5.74, 6) is 0.743. The third-order valence-corrected chi connectivity index (χ3v) is 4.35. The third-order valence-electron chi connectivity index (χ3n) is 3.40. The Labute approximate surface area is 129 Å². The maximum Gasteiger partial charge on any atom is 0.193 e. The average Bonchev–Trinajstić information content (AvgIpc) is 2.54. The summed E-state index contributed by atoms with van der Waals surface area (Å²) in [5.41, 5.74) is 2.27. The maximum absolute atomic E-state index is 12.1. The predicted octanol–water partition coefficient (Wildman–Crippen LogP) is 4.84. The van der Waals surface area contributed by atoms with Gasteiger partial charge in [0.2, 0.25) is 0 Å². The summed E-state index contributed by atoms with van der Waals surface area (Å²) in [4.78, 5) is 12.1. The smallest absolute Gasteiger partial charge is 0.193 e. The van der Waals surface area contributed by atoms with Gasteiger partial charge in [-0.25, -0.2) is 0 Å². The molecular weight excluding hydrogens is 276 g/mol. The van der Waals surface area contributed by atoms with E-state index in [1.807, 2.05) is 36.4 Å². The summed E-state index contributed by atoms with van der Waals surface area (Å²) in [5, 5.41) is 2.62. The van der Waals surface area contributed by atoms with Crippen LogP contribution in [-0.2, 0) is 17.0 Å². The van der Waals surface area contributed by atoms with Crippen LogP contribution in [0.25, 0.3) is 10.8 Å². The van der Waals surface area contributed by atoms with E-state index in [0.717, 1.165) is 11.3 Å². The van der Waals surface area contributed by atoms with E-state index in [9.17, 15) is 4.79 Å². The summed E-state index contributed by atoms with van der Waals surface area (Å²) >= 11 is 1.39. The van der Waals surface area contributed by atoms with Crippen molar-refractivity contribution in [1.29, 1.82) is 0 Å². The molecule has 0 bridgehead atoms. The Morgan fingerprint density at radius 3 is 2.29 bits per heavy atom. The molecule has 0 heterocycles. The van der Waals surface area contributed by atoms with Crippen LogP contribution in [0.5, 0.6) is 0 Å². The zero-order valence-electron chi connectivity index (χ0n) is 11.7. The highest BCUT2D eigenvalue weighted by molar-refractivity contribution is 8.12. The molecule has 0 saturated heterocycles. The molecule has 0 aliphatic rings. The highest BCUT2D eigenvalue weighted by Gasteiger charge is 2.06. The molecule has 0 radical (unpaired) electrons. The summed E-state index contributed by atoms with van der Waals surface area (Å²) in [6, 6.07) is 24.6. The van der Waals surface area contributed by atoms with Crippen LogP contribution in [0, 0.1) is 0 Å². The van der Waals surface area contributed by atoms with E-state index >= 15 is 0 Å². The molecule has 104 valence electrons. The number of carbonyl (C=O) groups is 1. The lowest BCUT2D eigenvalue weighted by Crippen LogP contribution is -1.98. The summed E-state index contributed by atoms with van der Waals surface area (Å²) in [7, 11) is 0. The Bertz CT molecular complexity index is 750. The van der Waals surface area contributed by atoms with Gasteiger partial charge in [-0.15, -0.1) is 0 Å². The van der Waals surface area contributed by atoms with Crippen LogP contribution in [0.4, 0.5) is 0 Å². The van der Waals surface area contributed by atoms with Crippen molar-refractivity contribution >= 4 is 27.6 Å². The quantitative estimate of drug-likeness (QED) is 0.684. The Kier molecular flexibility index (Phi) is 4.37. The fourth-order valence-electron chi connectivity index (χ4n) is 2.30. The second kappa shape index (κ2) is 6.59. The lowest BCUT2D eigenvalue weighted by Gasteiger charge is -2.04. The molecule has 0 amide bonds. The van der Waals surface area contributed by atoms with Gasteiger partial charge in [0.05, 0.1) is 0 Å². The Balaban J connectivity index is 1.63. The van der Waals surface area contributed by atoms with Crippen LogP contribution in [-0.4, -0.2) is 5.12 Å². The molecule has 0 aliphatic carbocycles. The number of carbonyl (C=O) groups excluding carboxylic acids is 1. The first-order valence-corrected chi connectivity index (χ1v) is 7.97. The van der Waals surface area contributed by atoms with Gasteiger partial charge in [0.15, 0.2) is 5.12 Å². The minimum absolute atomic E-state index is 0.217. The molecule has 0 aromatic heterocycles. The highest BCUT2D eigenvalue weighted by atomic mass is 32.2. The topological polar surface area (TPSA) is 17.1 Å². The second-order valence-corrected chi connectivity index (χ2v) is 6.04. The van der Waals surface area contributed by atoms with E-state index in [1.54, 1.807) is 0 Å². The van der Waals surface area contributed by atoms with Gasteiger partial charge in [0.25, 0.3) is 0 Å². The number of benzene rings is 3. The largest absolute Gasteiger partial charge is 0.287 e. The maximum atomic E-state index is 12.1. The molecule has 0 unspecified atom stereocenters. The first-order valence-electron chi connectivity index (χ1n) is 6.98. The van der Waals surface area contributed by atoms with E-state index in [2.05, 4.69) is 36.4 Å². The molecule has 3 aromatic rings. The van der Waals surface area contributed by atoms with Crippen LogP contribution in [0.1, 0.15) is 11.1 Å². The fraction of sp³-hybridized carbons (Fsp3) is 0.105. The van der Waals surface area contributed by atoms with Crippen molar-refractivity contribution in [3.8, 4) is 0 Å². The summed E-state index contributed by atoms with van der Waals surface area (Å²) in [6.45, 7) is 0. The standard InChI is InChI=1S/C19H16OS/c20-19(21-14-15-6-2-1-3-7-15)13-16-10-11-17-8-4-5-9-18(17)12-16/h1-12H,13-14H2. The van der Waals surface area contributed by atoms with Crippen LogP contribution < -0.4 is 0 Å². The van der Waals surface area contributed by atoms with Crippen molar-refractivity contribution in [2.24, 2.45) is 0 Å². The molecule has 0 N–H and O–H groups in total. The van der Waals surface area contributed by atoms with Gasteiger partial charge in [0.1, 0.15) is 0 Å². The van der Waals surface area contributed by atoms with E-state index in [1.165, 1.54) is 28.1 Å². The number of fused-ring (bicyclic) bond motifs is 1. The molecule has 0 spiro atoms. The Hall–Kier alpha value is -2.06. The van der Waals surface area contributed by atoms with Gasteiger partial charge >= 0.3 is 0 Å². The molecule has 21 heavy (non-hydrogen) atoms. The monoisotopic (exact) mass is 292 g/mol. The van der Waals surface area contributed by atoms with Gasteiger partial charge < -0.3 is 0 Å². The van der Waals surface area contributed by atoms with Crippen LogP contribution in [0.15, 0.2) is 72.8 Å². The van der Waals surface area contributed by atoms with E-state index in [-0.39, 0.29) is 5.12 Å². The second-order valence-electron chi connectivity index (χ2n) is 5.00. The lowest BCUT2D eigenvalue weighted by atomic mass is 10.1. The Morgan fingerprint density at radius 2 is 1.48 bits per heavy atom. The molecule has 0 aliphatic heterocycles. The molecule has 0 atom stereocenters. The van der Waals surface area contributed by atoms with Crippen molar-refractivity contribution in [3.05, 3.63) is 83.9 Å². The first-order chi connectivity index (χ1) is 10.3. The SMILES string of the molecule is O=C(Cc1ccc2ccccc2c1)SCc1ccccc1. The zero-order valence-corrected chi connectivity index (χ0v) is 12.5. The number of hydrogen-bond acceptors (Lipinski definition) is 2. The van der Waals surface area contributed by atoms with E-state index in [4.69, 9.17) is 0 Å². The van der Waals surface area contributed by atoms with Crippen LogP contribution in [0.3, 0.4) is 0 Å². The molecule has 0 fully saturated rings. The van der Waals surface area contributed by atoms with E-state index < -0.39 is 0 Å². The normalized spacial score (nSPS) is 10.7. The van der Waals surface area contributed by atoms with Crippen molar-refractivity contribution in [3.63, 3.8) is 0 Å². The lowest BCUT2D eigenvalue weighted by molar-refractivity contribution is -0.110. The van der Waals surface area contributed by atoms with Crippen LogP contribution in [0.2, 0.25) is 0 Å².